The third-order valence-corrected chi connectivity index (χ3v) is 1.76. The molecule has 0 bridgehead atoms. The van der Waals surface area contributed by atoms with E-state index in [1.54, 1.807) is 36.4 Å². The van der Waals surface area contributed by atoms with Gasteiger partial charge in [0, 0.05) is 25.5 Å². The van der Waals surface area contributed by atoms with Gasteiger partial charge in [0.15, 0.2) is 0 Å². The predicted molar refractivity (Wildman–Crippen MR) is 53.1 cm³/mol. The van der Waals surface area contributed by atoms with Crippen LogP contribution in [0.25, 0.3) is 5.82 Å². The Morgan fingerprint density at radius 1 is 1.43 bits per heavy atom. The van der Waals surface area contributed by atoms with E-state index in [0.29, 0.717) is 11.6 Å². The summed E-state index contributed by atoms with van der Waals surface area (Å²) in [5.41, 5.74) is 5.55. The molecule has 0 fully saturated rings. The standard InChI is InChI=1S/C8H10N6/c1-10-6-4-7(13-8(9)12-6)14-3-2-11-5-14/h2-5H,1H3,(H3,9,10,12,13). The summed E-state index contributed by atoms with van der Waals surface area (Å²) in [7, 11) is 1.78. The van der Waals surface area contributed by atoms with Crippen molar-refractivity contribution < 1.29 is 0 Å². The fourth-order valence-corrected chi connectivity index (χ4v) is 1.11. The number of imidazole rings is 1. The molecule has 6 heteroatoms. The first-order chi connectivity index (χ1) is 6.79. The van der Waals surface area contributed by atoms with Gasteiger partial charge in [-0.3, -0.25) is 4.57 Å². The molecule has 0 atom stereocenters. The maximum Gasteiger partial charge on any atom is 0.223 e. The molecule has 2 rings (SSSR count). The van der Waals surface area contributed by atoms with Gasteiger partial charge in [-0.2, -0.15) is 9.97 Å². The maximum absolute atomic E-state index is 5.55. The van der Waals surface area contributed by atoms with E-state index in [2.05, 4.69) is 20.3 Å². The minimum atomic E-state index is 0.237. The van der Waals surface area contributed by atoms with Crippen LogP contribution in [-0.2, 0) is 0 Å². The van der Waals surface area contributed by atoms with Crippen molar-refractivity contribution in [3.63, 3.8) is 0 Å². The second kappa shape index (κ2) is 3.33. The highest BCUT2D eigenvalue weighted by atomic mass is 15.2. The first-order valence-electron chi connectivity index (χ1n) is 4.10. The summed E-state index contributed by atoms with van der Waals surface area (Å²) >= 11 is 0. The van der Waals surface area contributed by atoms with E-state index in [1.807, 2.05) is 0 Å². The molecule has 2 heterocycles. The van der Waals surface area contributed by atoms with E-state index in [4.69, 9.17) is 5.73 Å². The van der Waals surface area contributed by atoms with Crippen LogP contribution in [0.3, 0.4) is 0 Å². The second-order valence-electron chi connectivity index (χ2n) is 2.69. The lowest BCUT2D eigenvalue weighted by molar-refractivity contribution is 0.978. The Labute approximate surface area is 80.8 Å². The van der Waals surface area contributed by atoms with Gasteiger partial charge in [0.05, 0.1) is 0 Å². The molecule has 0 amide bonds. The number of anilines is 2. The van der Waals surface area contributed by atoms with Crippen LogP contribution in [0, 0.1) is 0 Å². The molecule has 14 heavy (non-hydrogen) atoms. The lowest BCUT2D eigenvalue weighted by Gasteiger charge is -2.04. The van der Waals surface area contributed by atoms with Crippen molar-refractivity contribution in [1.29, 1.82) is 0 Å². The van der Waals surface area contributed by atoms with Crippen molar-refractivity contribution in [2.75, 3.05) is 18.1 Å². The van der Waals surface area contributed by atoms with E-state index in [0.717, 1.165) is 0 Å². The smallest absolute Gasteiger partial charge is 0.223 e. The summed E-state index contributed by atoms with van der Waals surface area (Å²) in [4.78, 5) is 12.0. The molecular weight excluding hydrogens is 180 g/mol. The van der Waals surface area contributed by atoms with E-state index < -0.39 is 0 Å². The number of hydrogen-bond donors (Lipinski definition) is 2. The zero-order valence-corrected chi connectivity index (χ0v) is 7.68. The molecule has 0 aliphatic carbocycles. The molecule has 72 valence electrons. The monoisotopic (exact) mass is 190 g/mol. The van der Waals surface area contributed by atoms with Crippen LogP contribution in [0.15, 0.2) is 24.8 Å². The molecule has 0 aliphatic rings. The summed E-state index contributed by atoms with van der Waals surface area (Å²) < 4.78 is 1.76. The Balaban J connectivity index is 2.48. The molecule has 0 saturated carbocycles. The number of nitrogens with two attached hydrogens (primary N) is 1. The van der Waals surface area contributed by atoms with Gasteiger partial charge >= 0.3 is 0 Å². The average Bonchev–Trinajstić information content (AvgIpc) is 2.69. The van der Waals surface area contributed by atoms with E-state index in [9.17, 15) is 0 Å². The molecule has 0 spiro atoms. The van der Waals surface area contributed by atoms with Gasteiger partial charge < -0.3 is 11.1 Å². The SMILES string of the molecule is CNc1cc(-n2ccnc2)nc(N)n1. The Morgan fingerprint density at radius 3 is 2.93 bits per heavy atom. The van der Waals surface area contributed by atoms with Gasteiger partial charge in [-0.05, 0) is 0 Å². The Kier molecular flexibility index (Phi) is 2.02. The van der Waals surface area contributed by atoms with Crippen LogP contribution < -0.4 is 11.1 Å². The Bertz CT molecular complexity index is 421. The lowest BCUT2D eigenvalue weighted by atomic mass is 10.5. The number of aromatic nitrogens is 4. The highest BCUT2D eigenvalue weighted by Crippen LogP contribution is 2.10. The minimum Gasteiger partial charge on any atom is -0.373 e. The second-order valence-corrected chi connectivity index (χ2v) is 2.69. The van der Waals surface area contributed by atoms with Gasteiger partial charge in [0.1, 0.15) is 18.0 Å². The van der Waals surface area contributed by atoms with E-state index in [1.165, 1.54) is 0 Å². The Hall–Kier alpha value is -2.11. The van der Waals surface area contributed by atoms with Crippen molar-refractivity contribution in [2.24, 2.45) is 0 Å². The number of rotatable bonds is 2. The van der Waals surface area contributed by atoms with Crippen molar-refractivity contribution in [1.82, 2.24) is 19.5 Å². The summed E-state index contributed by atoms with van der Waals surface area (Å²) in [6.07, 6.45) is 5.12. The average molecular weight is 190 g/mol. The molecule has 0 saturated heterocycles. The quantitative estimate of drug-likeness (QED) is 0.711. The van der Waals surface area contributed by atoms with Crippen LogP contribution in [0.4, 0.5) is 11.8 Å². The largest absolute Gasteiger partial charge is 0.373 e. The fourth-order valence-electron chi connectivity index (χ4n) is 1.11. The zero-order valence-electron chi connectivity index (χ0n) is 7.68. The van der Waals surface area contributed by atoms with Gasteiger partial charge in [-0.15, -0.1) is 0 Å². The van der Waals surface area contributed by atoms with Crippen LogP contribution in [0.2, 0.25) is 0 Å². The molecule has 3 N–H and O–H groups in total. The van der Waals surface area contributed by atoms with Crippen LogP contribution >= 0.6 is 0 Å². The third kappa shape index (κ3) is 1.49. The first kappa shape index (κ1) is 8.49. The minimum absolute atomic E-state index is 0.237. The molecule has 0 aliphatic heterocycles. The van der Waals surface area contributed by atoms with Crippen molar-refractivity contribution in [3.05, 3.63) is 24.8 Å². The van der Waals surface area contributed by atoms with Crippen LogP contribution in [-0.4, -0.2) is 26.6 Å². The number of nitrogen functional groups attached to an aromatic ring is 1. The van der Waals surface area contributed by atoms with Gasteiger partial charge in [-0.1, -0.05) is 0 Å². The summed E-state index contributed by atoms with van der Waals surface area (Å²) in [5.74, 6) is 1.61. The predicted octanol–water partition coefficient (Wildman–Crippen LogP) is 0.286. The third-order valence-electron chi connectivity index (χ3n) is 1.76. The lowest BCUT2D eigenvalue weighted by Crippen LogP contribution is -2.04. The molecular formula is C8H10N6. The zero-order chi connectivity index (χ0) is 9.97. The molecule has 6 nitrogen and oxygen atoms in total. The molecule has 0 unspecified atom stereocenters. The number of nitrogens with one attached hydrogen (secondary N) is 1. The topological polar surface area (TPSA) is 81.7 Å². The van der Waals surface area contributed by atoms with Crippen molar-refractivity contribution in [2.45, 2.75) is 0 Å². The molecule has 0 aromatic carbocycles. The number of nitrogens with zero attached hydrogens (tertiary/aromatic N) is 4. The molecule has 2 aromatic heterocycles. The summed E-state index contributed by atoms with van der Waals surface area (Å²) in [6, 6.07) is 1.79. The summed E-state index contributed by atoms with van der Waals surface area (Å²) in [6.45, 7) is 0. The van der Waals surface area contributed by atoms with E-state index in [-0.39, 0.29) is 5.95 Å². The first-order valence-corrected chi connectivity index (χ1v) is 4.10. The fraction of sp³-hybridized carbons (Fsp3) is 0.125. The van der Waals surface area contributed by atoms with Crippen LogP contribution in [0.5, 0.6) is 0 Å². The van der Waals surface area contributed by atoms with Crippen molar-refractivity contribution >= 4 is 11.8 Å². The maximum atomic E-state index is 5.55. The normalized spacial score (nSPS) is 10.1. The highest BCUT2D eigenvalue weighted by molar-refractivity contribution is 5.45. The Morgan fingerprint density at radius 2 is 2.29 bits per heavy atom. The molecule has 2 aromatic rings. The van der Waals surface area contributed by atoms with Gasteiger partial charge in [0.2, 0.25) is 5.95 Å². The molecule has 0 radical (unpaired) electrons. The van der Waals surface area contributed by atoms with Crippen LogP contribution in [0.1, 0.15) is 0 Å². The van der Waals surface area contributed by atoms with Crippen molar-refractivity contribution in [3.8, 4) is 5.82 Å². The summed E-state index contributed by atoms with van der Waals surface area (Å²) in [5, 5.41) is 2.91. The van der Waals surface area contributed by atoms with Gasteiger partial charge in [-0.25, -0.2) is 4.98 Å². The highest BCUT2D eigenvalue weighted by Gasteiger charge is 2.01. The van der Waals surface area contributed by atoms with Gasteiger partial charge in [0.25, 0.3) is 0 Å². The van der Waals surface area contributed by atoms with E-state index >= 15 is 0 Å². The number of hydrogen-bond acceptors (Lipinski definition) is 5.